The van der Waals surface area contributed by atoms with Crippen molar-refractivity contribution in [1.29, 1.82) is 0 Å². The molecule has 0 spiro atoms. The Labute approximate surface area is 161 Å². The lowest BCUT2D eigenvalue weighted by Crippen LogP contribution is -2.34. The minimum absolute atomic E-state index is 0.0276. The summed E-state index contributed by atoms with van der Waals surface area (Å²) in [5.74, 6) is -0.856. The molecule has 1 saturated heterocycles. The molecule has 1 unspecified atom stereocenters. The molecule has 140 valence electrons. The first-order chi connectivity index (χ1) is 12.9. The van der Waals surface area contributed by atoms with Crippen LogP contribution in [0, 0.1) is 16.0 Å². The number of hydrogen-bond acceptors (Lipinski definition) is 4. The molecule has 1 aliphatic rings. The minimum atomic E-state index is -0.496. The molecule has 1 fully saturated rings. The van der Waals surface area contributed by atoms with Crippen molar-refractivity contribution in [3.63, 3.8) is 0 Å². The van der Waals surface area contributed by atoms with Gasteiger partial charge in [-0.05, 0) is 18.2 Å². The van der Waals surface area contributed by atoms with Gasteiger partial charge < -0.3 is 9.80 Å². The van der Waals surface area contributed by atoms with Crippen LogP contribution in [0.2, 0.25) is 5.02 Å². The van der Waals surface area contributed by atoms with E-state index in [1.54, 1.807) is 54.4 Å². The maximum absolute atomic E-state index is 12.8. The van der Waals surface area contributed by atoms with Crippen molar-refractivity contribution < 1.29 is 14.5 Å². The van der Waals surface area contributed by atoms with Crippen LogP contribution in [-0.2, 0) is 16.1 Å². The molecule has 0 saturated carbocycles. The lowest BCUT2D eigenvalue weighted by atomic mass is 10.1. The zero-order chi connectivity index (χ0) is 19.6. The Kier molecular flexibility index (Phi) is 5.41. The highest BCUT2D eigenvalue weighted by molar-refractivity contribution is 6.31. The summed E-state index contributed by atoms with van der Waals surface area (Å²) in [7, 11) is 1.59. The first-order valence-corrected chi connectivity index (χ1v) is 8.78. The second-order valence-electron chi connectivity index (χ2n) is 6.47. The first kappa shape index (κ1) is 18.8. The summed E-state index contributed by atoms with van der Waals surface area (Å²) in [5, 5.41) is 11.7. The monoisotopic (exact) mass is 387 g/mol. The number of nitro groups is 1. The Morgan fingerprint density at radius 3 is 2.74 bits per heavy atom. The molecule has 7 nitrogen and oxygen atoms in total. The summed E-state index contributed by atoms with van der Waals surface area (Å²) in [6.45, 7) is 0.372. The molecule has 3 rings (SSSR count). The highest BCUT2D eigenvalue weighted by Gasteiger charge is 2.36. The van der Waals surface area contributed by atoms with Crippen molar-refractivity contribution in [3.05, 3.63) is 69.2 Å². The predicted molar refractivity (Wildman–Crippen MR) is 101 cm³/mol. The Morgan fingerprint density at radius 1 is 1.30 bits per heavy atom. The highest BCUT2D eigenvalue weighted by Crippen LogP contribution is 2.28. The van der Waals surface area contributed by atoms with Gasteiger partial charge in [-0.25, -0.2) is 0 Å². The summed E-state index contributed by atoms with van der Waals surface area (Å²) in [6.07, 6.45) is 0.104. The average molecular weight is 388 g/mol. The number of hydrogen-bond donors (Lipinski definition) is 0. The smallest absolute Gasteiger partial charge is 0.274 e. The zero-order valence-corrected chi connectivity index (χ0v) is 15.4. The molecular weight excluding hydrogens is 370 g/mol. The number of nitro benzene ring substituents is 1. The number of benzene rings is 2. The van der Waals surface area contributed by atoms with Gasteiger partial charge in [0, 0.05) is 42.4 Å². The van der Waals surface area contributed by atoms with Crippen LogP contribution in [0.5, 0.6) is 0 Å². The predicted octanol–water partition coefficient (Wildman–Crippen LogP) is 3.26. The summed E-state index contributed by atoms with van der Waals surface area (Å²) in [6, 6.07) is 13.2. The zero-order valence-electron chi connectivity index (χ0n) is 14.7. The van der Waals surface area contributed by atoms with E-state index in [4.69, 9.17) is 11.6 Å². The minimum Gasteiger partial charge on any atom is -0.341 e. The molecule has 1 aliphatic heterocycles. The molecule has 2 amide bonds. The lowest BCUT2D eigenvalue weighted by Gasteiger charge is -2.21. The number of para-hydroxylation sites is 1. The molecule has 0 N–H and O–H groups in total. The number of rotatable bonds is 5. The first-order valence-electron chi connectivity index (χ1n) is 8.40. The van der Waals surface area contributed by atoms with Crippen molar-refractivity contribution in [2.45, 2.75) is 13.0 Å². The summed E-state index contributed by atoms with van der Waals surface area (Å²) in [4.78, 5) is 38.8. The quantitative estimate of drug-likeness (QED) is 0.582. The molecule has 0 aromatic heterocycles. The third-order valence-corrected chi connectivity index (χ3v) is 4.80. The van der Waals surface area contributed by atoms with Crippen LogP contribution in [0.25, 0.3) is 0 Å². The number of amides is 2. The Morgan fingerprint density at radius 2 is 2.04 bits per heavy atom. The molecule has 0 bridgehead atoms. The van der Waals surface area contributed by atoms with E-state index in [9.17, 15) is 19.7 Å². The topological polar surface area (TPSA) is 83.8 Å². The molecule has 2 aromatic carbocycles. The van der Waals surface area contributed by atoms with Gasteiger partial charge in [0.2, 0.25) is 11.8 Å². The third kappa shape index (κ3) is 4.09. The molecule has 0 aliphatic carbocycles. The van der Waals surface area contributed by atoms with Gasteiger partial charge in [0.15, 0.2) is 0 Å². The van der Waals surface area contributed by atoms with Crippen molar-refractivity contribution >= 4 is 34.8 Å². The third-order valence-electron chi connectivity index (χ3n) is 4.57. The van der Waals surface area contributed by atoms with E-state index in [0.29, 0.717) is 16.3 Å². The van der Waals surface area contributed by atoms with E-state index >= 15 is 0 Å². The number of carbonyl (C=O) groups excluding carboxylic acids is 2. The van der Waals surface area contributed by atoms with E-state index in [-0.39, 0.29) is 37.0 Å². The molecular formula is C19H18ClN3O4. The molecule has 1 heterocycles. The van der Waals surface area contributed by atoms with Crippen LogP contribution in [0.3, 0.4) is 0 Å². The fourth-order valence-electron chi connectivity index (χ4n) is 3.23. The van der Waals surface area contributed by atoms with Gasteiger partial charge in [-0.15, -0.1) is 0 Å². The molecule has 2 aromatic rings. The molecule has 1 atom stereocenters. The average Bonchev–Trinajstić information content (AvgIpc) is 3.03. The van der Waals surface area contributed by atoms with E-state index < -0.39 is 10.8 Å². The number of nitrogens with zero attached hydrogens (tertiary/aromatic N) is 3. The second-order valence-corrected chi connectivity index (χ2v) is 6.90. The van der Waals surface area contributed by atoms with Crippen molar-refractivity contribution in [1.82, 2.24) is 4.90 Å². The van der Waals surface area contributed by atoms with E-state index in [1.807, 2.05) is 0 Å². The number of anilines is 1. The van der Waals surface area contributed by atoms with E-state index in [1.165, 1.54) is 11.0 Å². The van der Waals surface area contributed by atoms with Gasteiger partial charge in [-0.2, -0.15) is 0 Å². The van der Waals surface area contributed by atoms with Crippen LogP contribution >= 0.6 is 11.6 Å². The summed E-state index contributed by atoms with van der Waals surface area (Å²) in [5.41, 5.74) is 1.08. The Bertz CT molecular complexity index is 902. The highest BCUT2D eigenvalue weighted by atomic mass is 35.5. The van der Waals surface area contributed by atoms with E-state index in [0.717, 1.165) is 0 Å². The molecule has 8 heteroatoms. The fourth-order valence-corrected chi connectivity index (χ4v) is 3.42. The standard InChI is InChI=1S/C19H18ClN3O4/c1-21(11-13-5-2-3-8-17(13)23(26)27)19(25)14-9-18(24)22(12-14)16-7-4-6-15(20)10-16/h2-8,10,14H,9,11-12H2,1H3. The Hall–Kier alpha value is -2.93. The van der Waals surface area contributed by atoms with Crippen LogP contribution in [0.15, 0.2) is 48.5 Å². The van der Waals surface area contributed by atoms with Gasteiger partial charge in [0.1, 0.15) is 0 Å². The van der Waals surface area contributed by atoms with Crippen molar-refractivity contribution in [2.24, 2.45) is 5.92 Å². The largest absolute Gasteiger partial charge is 0.341 e. The summed E-state index contributed by atoms with van der Waals surface area (Å²) < 4.78 is 0. The number of carbonyl (C=O) groups is 2. The van der Waals surface area contributed by atoms with Crippen molar-refractivity contribution in [3.8, 4) is 0 Å². The van der Waals surface area contributed by atoms with Crippen LogP contribution in [-0.4, -0.2) is 35.2 Å². The normalized spacial score (nSPS) is 16.4. The number of halogens is 1. The lowest BCUT2D eigenvalue weighted by molar-refractivity contribution is -0.385. The second kappa shape index (κ2) is 7.75. The van der Waals surface area contributed by atoms with Crippen LogP contribution < -0.4 is 4.90 Å². The van der Waals surface area contributed by atoms with Crippen LogP contribution in [0.4, 0.5) is 11.4 Å². The Balaban J connectivity index is 1.71. The SMILES string of the molecule is CN(Cc1ccccc1[N+](=O)[O-])C(=O)C1CC(=O)N(c2cccc(Cl)c2)C1. The van der Waals surface area contributed by atoms with E-state index in [2.05, 4.69) is 0 Å². The van der Waals surface area contributed by atoms with Gasteiger partial charge in [-0.1, -0.05) is 35.9 Å². The van der Waals surface area contributed by atoms with Gasteiger partial charge in [-0.3, -0.25) is 19.7 Å². The van der Waals surface area contributed by atoms with Gasteiger partial charge in [0.25, 0.3) is 5.69 Å². The fraction of sp³-hybridized carbons (Fsp3) is 0.263. The molecule has 27 heavy (non-hydrogen) atoms. The maximum Gasteiger partial charge on any atom is 0.274 e. The van der Waals surface area contributed by atoms with Gasteiger partial charge >= 0.3 is 0 Å². The summed E-state index contributed by atoms with van der Waals surface area (Å²) >= 11 is 5.98. The van der Waals surface area contributed by atoms with Crippen LogP contribution in [0.1, 0.15) is 12.0 Å². The maximum atomic E-state index is 12.8. The van der Waals surface area contributed by atoms with Crippen molar-refractivity contribution in [2.75, 3.05) is 18.5 Å². The molecule has 0 radical (unpaired) electrons. The van der Waals surface area contributed by atoms with Gasteiger partial charge in [0.05, 0.1) is 17.4 Å².